The standard InChI is InChI=1S/C13H19N3O/c17-13-15-10-6-2-1-5-9(10)12(16-13)11-7-3-4-8-14-11/h11,14H,1-8H2,(H,15,16,17). The molecule has 3 rings (SSSR count). The van der Waals surface area contributed by atoms with Crippen molar-refractivity contribution in [3.05, 3.63) is 27.4 Å². The van der Waals surface area contributed by atoms with E-state index in [1.807, 2.05) is 0 Å². The molecule has 17 heavy (non-hydrogen) atoms. The number of H-pyrrole nitrogens is 1. The lowest BCUT2D eigenvalue weighted by Crippen LogP contribution is -2.32. The van der Waals surface area contributed by atoms with Crippen LogP contribution < -0.4 is 11.0 Å². The molecule has 2 N–H and O–H groups in total. The molecule has 2 aliphatic rings. The van der Waals surface area contributed by atoms with Gasteiger partial charge in [-0.15, -0.1) is 0 Å². The van der Waals surface area contributed by atoms with Crippen LogP contribution in [-0.4, -0.2) is 16.5 Å². The molecule has 0 bridgehead atoms. The Morgan fingerprint density at radius 1 is 1.12 bits per heavy atom. The van der Waals surface area contributed by atoms with Crippen LogP contribution >= 0.6 is 0 Å². The van der Waals surface area contributed by atoms with Crippen LogP contribution in [0.5, 0.6) is 0 Å². The van der Waals surface area contributed by atoms with Crippen molar-refractivity contribution in [2.75, 3.05) is 6.54 Å². The Bertz CT molecular complexity index is 460. The van der Waals surface area contributed by atoms with Gasteiger partial charge in [-0.25, -0.2) is 4.79 Å². The molecule has 1 unspecified atom stereocenters. The Morgan fingerprint density at radius 2 is 2.00 bits per heavy atom. The third kappa shape index (κ3) is 2.14. The third-order valence-corrected chi connectivity index (χ3v) is 3.90. The molecule has 1 fully saturated rings. The molecule has 1 aromatic heterocycles. The molecule has 2 heterocycles. The van der Waals surface area contributed by atoms with Gasteiger partial charge in [0.05, 0.1) is 11.7 Å². The molecule has 1 saturated heterocycles. The van der Waals surface area contributed by atoms with Gasteiger partial charge < -0.3 is 10.3 Å². The summed E-state index contributed by atoms with van der Waals surface area (Å²) >= 11 is 0. The van der Waals surface area contributed by atoms with Gasteiger partial charge in [-0.05, 0) is 50.6 Å². The monoisotopic (exact) mass is 233 g/mol. The van der Waals surface area contributed by atoms with Gasteiger partial charge in [0.15, 0.2) is 0 Å². The van der Waals surface area contributed by atoms with Gasteiger partial charge in [-0.1, -0.05) is 6.42 Å². The normalized spacial score (nSPS) is 24.4. The van der Waals surface area contributed by atoms with Crippen molar-refractivity contribution in [2.45, 2.75) is 51.0 Å². The lowest BCUT2D eigenvalue weighted by molar-refractivity contribution is 0.399. The maximum Gasteiger partial charge on any atom is 0.345 e. The zero-order valence-electron chi connectivity index (χ0n) is 10.1. The second kappa shape index (κ2) is 4.61. The second-order valence-electron chi connectivity index (χ2n) is 5.09. The summed E-state index contributed by atoms with van der Waals surface area (Å²) in [5.41, 5.74) is 3.31. The average molecular weight is 233 g/mol. The van der Waals surface area contributed by atoms with Crippen molar-refractivity contribution >= 4 is 0 Å². The minimum Gasteiger partial charge on any atom is -0.310 e. The molecular formula is C13H19N3O. The number of piperidine rings is 1. The maximum atomic E-state index is 11.6. The van der Waals surface area contributed by atoms with E-state index in [1.54, 1.807) is 0 Å². The Balaban J connectivity index is 2.01. The fourth-order valence-corrected chi connectivity index (χ4v) is 3.03. The summed E-state index contributed by atoms with van der Waals surface area (Å²) in [5, 5.41) is 3.50. The van der Waals surface area contributed by atoms with Crippen molar-refractivity contribution in [1.82, 2.24) is 15.3 Å². The van der Waals surface area contributed by atoms with Crippen molar-refractivity contribution in [3.8, 4) is 0 Å². The largest absolute Gasteiger partial charge is 0.345 e. The van der Waals surface area contributed by atoms with Gasteiger partial charge in [0, 0.05) is 5.69 Å². The molecule has 1 aromatic rings. The molecule has 0 aromatic carbocycles. The predicted molar refractivity (Wildman–Crippen MR) is 66.1 cm³/mol. The molecule has 4 nitrogen and oxygen atoms in total. The molecule has 1 aliphatic carbocycles. The van der Waals surface area contributed by atoms with Crippen LogP contribution in [0.25, 0.3) is 0 Å². The molecule has 92 valence electrons. The summed E-state index contributed by atoms with van der Waals surface area (Å²) in [6, 6.07) is 0.304. The topological polar surface area (TPSA) is 57.8 Å². The van der Waals surface area contributed by atoms with Gasteiger partial charge in [-0.2, -0.15) is 4.98 Å². The summed E-state index contributed by atoms with van der Waals surface area (Å²) in [6.07, 6.45) is 8.08. The quantitative estimate of drug-likeness (QED) is 0.772. The van der Waals surface area contributed by atoms with Gasteiger partial charge in [0.25, 0.3) is 0 Å². The molecule has 4 heteroatoms. The molecule has 0 radical (unpaired) electrons. The van der Waals surface area contributed by atoms with E-state index in [1.165, 1.54) is 31.2 Å². The number of nitrogens with zero attached hydrogens (tertiary/aromatic N) is 1. The maximum absolute atomic E-state index is 11.6. The molecule has 0 spiro atoms. The number of hydrogen-bond donors (Lipinski definition) is 2. The third-order valence-electron chi connectivity index (χ3n) is 3.90. The fraction of sp³-hybridized carbons (Fsp3) is 0.692. The van der Waals surface area contributed by atoms with E-state index in [9.17, 15) is 4.79 Å². The lowest BCUT2D eigenvalue weighted by atomic mass is 9.90. The Morgan fingerprint density at radius 3 is 2.82 bits per heavy atom. The van der Waals surface area contributed by atoms with Gasteiger partial charge in [-0.3, -0.25) is 0 Å². The first-order valence-corrected chi connectivity index (χ1v) is 6.70. The molecule has 0 saturated carbocycles. The number of aromatic amines is 1. The minimum atomic E-state index is -0.173. The smallest absolute Gasteiger partial charge is 0.310 e. The van der Waals surface area contributed by atoms with E-state index in [-0.39, 0.29) is 5.69 Å². The predicted octanol–water partition coefficient (Wildman–Crippen LogP) is 1.46. The van der Waals surface area contributed by atoms with Crippen LogP contribution in [-0.2, 0) is 12.8 Å². The van der Waals surface area contributed by atoms with Crippen molar-refractivity contribution in [1.29, 1.82) is 0 Å². The van der Waals surface area contributed by atoms with Crippen LogP contribution in [0.4, 0.5) is 0 Å². The van der Waals surface area contributed by atoms with Crippen LogP contribution in [0.3, 0.4) is 0 Å². The summed E-state index contributed by atoms with van der Waals surface area (Å²) in [6.45, 7) is 1.05. The van der Waals surface area contributed by atoms with E-state index < -0.39 is 0 Å². The highest BCUT2D eigenvalue weighted by Gasteiger charge is 2.23. The number of aromatic nitrogens is 2. The van der Waals surface area contributed by atoms with Crippen LogP contribution in [0.2, 0.25) is 0 Å². The highest BCUT2D eigenvalue weighted by Crippen LogP contribution is 2.28. The first kappa shape index (κ1) is 11.0. The highest BCUT2D eigenvalue weighted by atomic mass is 16.1. The van der Waals surface area contributed by atoms with Crippen LogP contribution in [0.1, 0.15) is 55.1 Å². The first-order chi connectivity index (χ1) is 8.34. The number of hydrogen-bond acceptors (Lipinski definition) is 3. The summed E-state index contributed by atoms with van der Waals surface area (Å²) in [4.78, 5) is 18.8. The molecule has 1 aliphatic heterocycles. The van der Waals surface area contributed by atoms with Crippen LogP contribution in [0, 0.1) is 0 Å². The van der Waals surface area contributed by atoms with Gasteiger partial charge >= 0.3 is 5.69 Å². The Labute approximate surface area is 101 Å². The number of nitrogens with one attached hydrogen (secondary N) is 2. The van der Waals surface area contributed by atoms with Crippen molar-refractivity contribution in [2.24, 2.45) is 0 Å². The van der Waals surface area contributed by atoms with Crippen LogP contribution in [0.15, 0.2) is 4.79 Å². The number of rotatable bonds is 1. The molecule has 1 atom stereocenters. The van der Waals surface area contributed by atoms with Crippen molar-refractivity contribution in [3.63, 3.8) is 0 Å². The Hall–Kier alpha value is -1.16. The number of fused-ring (bicyclic) bond motifs is 1. The summed E-state index contributed by atoms with van der Waals surface area (Å²) < 4.78 is 0. The molecule has 0 amide bonds. The summed E-state index contributed by atoms with van der Waals surface area (Å²) in [7, 11) is 0. The van der Waals surface area contributed by atoms with E-state index >= 15 is 0 Å². The average Bonchev–Trinajstić information content (AvgIpc) is 2.39. The fourth-order valence-electron chi connectivity index (χ4n) is 3.03. The van der Waals surface area contributed by atoms with Crippen molar-refractivity contribution < 1.29 is 0 Å². The zero-order valence-corrected chi connectivity index (χ0v) is 10.1. The van der Waals surface area contributed by atoms with Gasteiger partial charge in [0.1, 0.15) is 0 Å². The van der Waals surface area contributed by atoms with E-state index in [0.29, 0.717) is 6.04 Å². The zero-order chi connectivity index (χ0) is 11.7. The second-order valence-corrected chi connectivity index (χ2v) is 5.09. The Kier molecular flexibility index (Phi) is 2.97. The minimum absolute atomic E-state index is 0.173. The number of aryl methyl sites for hydroxylation is 1. The van der Waals surface area contributed by atoms with E-state index in [4.69, 9.17) is 0 Å². The highest BCUT2D eigenvalue weighted by molar-refractivity contribution is 5.29. The van der Waals surface area contributed by atoms with E-state index in [2.05, 4.69) is 15.3 Å². The first-order valence-electron chi connectivity index (χ1n) is 6.70. The van der Waals surface area contributed by atoms with Gasteiger partial charge in [0.2, 0.25) is 0 Å². The lowest BCUT2D eigenvalue weighted by Gasteiger charge is -2.27. The molecular weight excluding hydrogens is 214 g/mol. The van der Waals surface area contributed by atoms with E-state index in [0.717, 1.165) is 37.2 Å². The summed E-state index contributed by atoms with van der Waals surface area (Å²) in [5.74, 6) is 0. The SMILES string of the molecule is O=c1nc(C2CCCCN2)c2c([nH]1)CCCC2.